The van der Waals surface area contributed by atoms with Gasteiger partial charge in [0, 0.05) is 12.1 Å². The Morgan fingerprint density at radius 1 is 1.36 bits per heavy atom. The van der Waals surface area contributed by atoms with Crippen molar-refractivity contribution in [3.8, 4) is 18.0 Å². The molecule has 5 nitrogen and oxygen atoms in total. The Labute approximate surface area is 130 Å². The molecule has 0 spiro atoms. The van der Waals surface area contributed by atoms with Crippen LogP contribution in [0.15, 0.2) is 29.3 Å². The van der Waals surface area contributed by atoms with Crippen molar-refractivity contribution in [2.24, 2.45) is 4.99 Å². The maximum Gasteiger partial charge on any atom is 0.207 e. The standard InChI is InChI=1S/C17H18N4O/c1-5-21(12(2)20-11-19)15-9-17(3,4)22-16-7-6-13(10-18)8-14(15)16/h6-9H,5H2,1-4H3/b20-12+. The highest BCUT2D eigenvalue weighted by Crippen LogP contribution is 2.38. The Hall–Kier alpha value is -2.79. The largest absolute Gasteiger partial charge is 0.483 e. The number of hydrogen-bond donors (Lipinski definition) is 0. The van der Waals surface area contributed by atoms with Crippen molar-refractivity contribution in [2.45, 2.75) is 33.3 Å². The quantitative estimate of drug-likeness (QED) is 0.476. The van der Waals surface area contributed by atoms with Gasteiger partial charge in [0.1, 0.15) is 17.2 Å². The van der Waals surface area contributed by atoms with Gasteiger partial charge in [-0.15, -0.1) is 0 Å². The molecular formula is C17H18N4O. The summed E-state index contributed by atoms with van der Waals surface area (Å²) in [6.07, 6.45) is 3.82. The van der Waals surface area contributed by atoms with E-state index in [1.165, 1.54) is 0 Å². The Bertz CT molecular complexity index is 732. The Balaban J connectivity index is 2.63. The molecule has 5 heteroatoms. The molecule has 0 unspecified atom stereocenters. The van der Waals surface area contributed by atoms with Gasteiger partial charge in [0.25, 0.3) is 0 Å². The average Bonchev–Trinajstić information content (AvgIpc) is 2.47. The van der Waals surface area contributed by atoms with Crippen LogP contribution in [0.5, 0.6) is 5.75 Å². The molecule has 2 rings (SSSR count). The predicted octanol–water partition coefficient (Wildman–Crippen LogP) is 3.29. The number of rotatable bonds is 2. The van der Waals surface area contributed by atoms with E-state index >= 15 is 0 Å². The van der Waals surface area contributed by atoms with Crippen LogP contribution in [0.3, 0.4) is 0 Å². The number of nitriles is 2. The first-order valence-electron chi connectivity index (χ1n) is 7.09. The van der Waals surface area contributed by atoms with Crippen LogP contribution in [0, 0.1) is 22.8 Å². The maximum absolute atomic E-state index is 9.13. The van der Waals surface area contributed by atoms with Gasteiger partial charge in [0.2, 0.25) is 6.19 Å². The van der Waals surface area contributed by atoms with Gasteiger partial charge < -0.3 is 9.64 Å². The molecule has 1 aliphatic rings. The minimum atomic E-state index is -0.475. The van der Waals surface area contributed by atoms with Crippen LogP contribution in [0.1, 0.15) is 38.8 Å². The lowest BCUT2D eigenvalue weighted by Crippen LogP contribution is -2.35. The fraction of sp³-hybridized carbons (Fsp3) is 0.353. The van der Waals surface area contributed by atoms with E-state index in [4.69, 9.17) is 15.3 Å². The summed E-state index contributed by atoms with van der Waals surface area (Å²) in [7, 11) is 0. The van der Waals surface area contributed by atoms with Crippen molar-refractivity contribution in [1.29, 1.82) is 10.5 Å². The molecule has 1 aromatic carbocycles. The lowest BCUT2D eigenvalue weighted by atomic mass is 9.97. The summed E-state index contributed by atoms with van der Waals surface area (Å²) < 4.78 is 5.97. The fourth-order valence-electron chi connectivity index (χ4n) is 2.54. The summed E-state index contributed by atoms with van der Waals surface area (Å²) in [6, 6.07) is 7.50. The number of nitrogens with zero attached hydrogens (tertiary/aromatic N) is 4. The van der Waals surface area contributed by atoms with Crippen LogP contribution in [0.4, 0.5) is 0 Å². The fourth-order valence-corrected chi connectivity index (χ4v) is 2.54. The van der Waals surface area contributed by atoms with E-state index in [1.807, 2.05) is 44.0 Å². The van der Waals surface area contributed by atoms with E-state index in [1.54, 1.807) is 19.1 Å². The molecule has 112 valence electrons. The molecule has 0 aliphatic carbocycles. The highest BCUT2D eigenvalue weighted by molar-refractivity contribution is 5.91. The molecule has 1 heterocycles. The molecule has 0 amide bonds. The Morgan fingerprint density at radius 2 is 2.09 bits per heavy atom. The minimum Gasteiger partial charge on any atom is -0.483 e. The third-order valence-electron chi connectivity index (χ3n) is 3.45. The van der Waals surface area contributed by atoms with Crippen LogP contribution in [0.25, 0.3) is 5.70 Å². The average molecular weight is 294 g/mol. The van der Waals surface area contributed by atoms with E-state index in [9.17, 15) is 0 Å². The molecule has 1 aliphatic heterocycles. The number of hydrogen-bond acceptors (Lipinski definition) is 4. The van der Waals surface area contributed by atoms with Crippen LogP contribution >= 0.6 is 0 Å². The molecule has 22 heavy (non-hydrogen) atoms. The third-order valence-corrected chi connectivity index (χ3v) is 3.45. The Kier molecular flexibility index (Phi) is 4.19. The predicted molar refractivity (Wildman–Crippen MR) is 84.9 cm³/mol. The second-order valence-corrected chi connectivity index (χ2v) is 5.56. The van der Waals surface area contributed by atoms with Crippen LogP contribution in [-0.2, 0) is 0 Å². The van der Waals surface area contributed by atoms with Gasteiger partial charge in [-0.2, -0.15) is 15.5 Å². The van der Waals surface area contributed by atoms with Crippen LogP contribution in [0.2, 0.25) is 0 Å². The monoisotopic (exact) mass is 294 g/mol. The van der Waals surface area contributed by atoms with Crippen molar-refractivity contribution >= 4 is 11.5 Å². The van der Waals surface area contributed by atoms with Gasteiger partial charge >= 0.3 is 0 Å². The zero-order valence-corrected chi connectivity index (χ0v) is 13.2. The van der Waals surface area contributed by atoms with Gasteiger partial charge in [0.05, 0.1) is 17.3 Å². The zero-order chi connectivity index (χ0) is 16.3. The summed E-state index contributed by atoms with van der Waals surface area (Å²) in [5, 5.41) is 17.9. The van der Waals surface area contributed by atoms with E-state index in [-0.39, 0.29) is 0 Å². The molecule has 0 bridgehead atoms. The first kappa shape index (κ1) is 15.6. The maximum atomic E-state index is 9.13. The van der Waals surface area contributed by atoms with Crippen molar-refractivity contribution in [1.82, 2.24) is 4.90 Å². The molecule has 1 aromatic rings. The SMILES string of the molecule is CCN(C1=CC(C)(C)Oc2ccc(C#N)cc21)/C(C)=N/C#N. The smallest absolute Gasteiger partial charge is 0.207 e. The first-order chi connectivity index (χ1) is 10.4. The summed E-state index contributed by atoms with van der Waals surface area (Å²) >= 11 is 0. The van der Waals surface area contributed by atoms with Gasteiger partial charge in [-0.05, 0) is 52.0 Å². The van der Waals surface area contributed by atoms with E-state index in [2.05, 4.69) is 11.1 Å². The molecule has 0 radical (unpaired) electrons. The van der Waals surface area contributed by atoms with E-state index in [0.29, 0.717) is 17.9 Å². The van der Waals surface area contributed by atoms with Crippen molar-refractivity contribution in [3.05, 3.63) is 35.4 Å². The zero-order valence-electron chi connectivity index (χ0n) is 13.2. The molecule has 0 N–H and O–H groups in total. The molecule has 0 aromatic heterocycles. The molecular weight excluding hydrogens is 276 g/mol. The summed E-state index contributed by atoms with van der Waals surface area (Å²) in [5.41, 5.74) is 1.84. The number of benzene rings is 1. The van der Waals surface area contributed by atoms with Gasteiger partial charge in [-0.3, -0.25) is 0 Å². The lowest BCUT2D eigenvalue weighted by molar-refractivity contribution is 0.156. The van der Waals surface area contributed by atoms with E-state index < -0.39 is 5.60 Å². The van der Waals surface area contributed by atoms with Crippen molar-refractivity contribution in [2.75, 3.05) is 6.54 Å². The molecule has 0 saturated carbocycles. The van der Waals surface area contributed by atoms with Crippen LogP contribution < -0.4 is 4.74 Å². The number of amidine groups is 1. The summed E-state index contributed by atoms with van der Waals surface area (Å²) in [6.45, 7) is 8.39. The molecule has 0 saturated heterocycles. The van der Waals surface area contributed by atoms with E-state index in [0.717, 1.165) is 17.0 Å². The lowest BCUT2D eigenvalue weighted by Gasteiger charge is -2.35. The van der Waals surface area contributed by atoms with Crippen molar-refractivity contribution < 1.29 is 4.74 Å². The number of aliphatic imine (C=N–C) groups is 1. The normalized spacial score (nSPS) is 15.7. The third kappa shape index (κ3) is 2.94. The Morgan fingerprint density at radius 3 is 2.68 bits per heavy atom. The molecule has 0 atom stereocenters. The minimum absolute atomic E-state index is 0.475. The second kappa shape index (κ2) is 5.91. The van der Waals surface area contributed by atoms with Gasteiger partial charge in [-0.1, -0.05) is 0 Å². The van der Waals surface area contributed by atoms with Gasteiger partial charge in [-0.25, -0.2) is 0 Å². The topological polar surface area (TPSA) is 72.4 Å². The van der Waals surface area contributed by atoms with Crippen molar-refractivity contribution in [3.63, 3.8) is 0 Å². The van der Waals surface area contributed by atoms with Crippen LogP contribution in [-0.4, -0.2) is 22.9 Å². The number of ether oxygens (including phenoxy) is 1. The summed E-state index contributed by atoms with van der Waals surface area (Å²) in [4.78, 5) is 5.79. The molecule has 0 fully saturated rings. The summed E-state index contributed by atoms with van der Waals surface area (Å²) in [5.74, 6) is 1.34. The highest BCUT2D eigenvalue weighted by atomic mass is 16.5. The first-order valence-corrected chi connectivity index (χ1v) is 7.09. The van der Waals surface area contributed by atoms with Gasteiger partial charge in [0.15, 0.2) is 0 Å². The highest BCUT2D eigenvalue weighted by Gasteiger charge is 2.29. The second-order valence-electron chi connectivity index (χ2n) is 5.56. The number of fused-ring (bicyclic) bond motifs is 1.